The van der Waals surface area contributed by atoms with Crippen LogP contribution in [-0.2, 0) is 4.79 Å². The number of anilines is 2. The molecule has 3 aromatic carbocycles. The fourth-order valence-corrected chi connectivity index (χ4v) is 4.07. The molecular formula is C26H27ClN4O3. The first-order valence-electron chi connectivity index (χ1n) is 11.1. The van der Waals surface area contributed by atoms with E-state index in [0.29, 0.717) is 36.9 Å². The summed E-state index contributed by atoms with van der Waals surface area (Å²) in [5.74, 6) is 0.666. The van der Waals surface area contributed by atoms with Crippen molar-refractivity contribution in [2.75, 3.05) is 43.5 Å². The minimum atomic E-state index is -0.795. The van der Waals surface area contributed by atoms with Crippen LogP contribution in [-0.4, -0.2) is 50.1 Å². The molecule has 176 valence electrons. The first-order valence-corrected chi connectivity index (χ1v) is 11.5. The van der Waals surface area contributed by atoms with E-state index >= 15 is 0 Å². The maximum atomic E-state index is 13.5. The Kier molecular flexibility index (Phi) is 7.54. The lowest BCUT2D eigenvalue weighted by molar-refractivity contribution is -0.133. The summed E-state index contributed by atoms with van der Waals surface area (Å²) in [4.78, 5) is 30.3. The second kappa shape index (κ2) is 10.9. The monoisotopic (exact) mass is 478 g/mol. The van der Waals surface area contributed by atoms with Gasteiger partial charge >= 0.3 is 6.03 Å². The smallest absolute Gasteiger partial charge is 0.320 e. The van der Waals surface area contributed by atoms with Crippen molar-refractivity contribution in [1.82, 2.24) is 10.2 Å². The van der Waals surface area contributed by atoms with Crippen molar-refractivity contribution in [3.05, 3.63) is 89.4 Å². The zero-order valence-electron chi connectivity index (χ0n) is 18.9. The fourth-order valence-electron chi connectivity index (χ4n) is 3.94. The van der Waals surface area contributed by atoms with E-state index in [-0.39, 0.29) is 5.91 Å². The van der Waals surface area contributed by atoms with Crippen LogP contribution in [0.4, 0.5) is 16.2 Å². The zero-order chi connectivity index (χ0) is 23.9. The summed E-state index contributed by atoms with van der Waals surface area (Å²) in [6, 6.07) is 22.7. The number of amides is 3. The van der Waals surface area contributed by atoms with E-state index in [2.05, 4.69) is 15.5 Å². The lowest BCUT2D eigenvalue weighted by atomic mass is 10.1. The van der Waals surface area contributed by atoms with Gasteiger partial charge in [-0.05, 0) is 42.0 Å². The normalized spacial score (nSPS) is 14.3. The van der Waals surface area contributed by atoms with Gasteiger partial charge in [0.05, 0.1) is 7.11 Å². The quantitative estimate of drug-likeness (QED) is 0.544. The Balaban J connectivity index is 1.43. The molecule has 0 bridgehead atoms. The average molecular weight is 479 g/mol. The molecule has 0 spiro atoms. The van der Waals surface area contributed by atoms with Gasteiger partial charge in [-0.25, -0.2) is 4.79 Å². The number of piperazine rings is 1. The first kappa shape index (κ1) is 23.4. The third kappa shape index (κ3) is 5.80. The molecule has 0 unspecified atom stereocenters. The van der Waals surface area contributed by atoms with Gasteiger partial charge in [0.1, 0.15) is 11.8 Å². The number of halogens is 1. The summed E-state index contributed by atoms with van der Waals surface area (Å²) >= 11 is 5.92. The van der Waals surface area contributed by atoms with Gasteiger partial charge in [0, 0.05) is 48.6 Å². The van der Waals surface area contributed by atoms with Crippen LogP contribution in [0.15, 0.2) is 78.9 Å². The van der Waals surface area contributed by atoms with E-state index < -0.39 is 12.1 Å². The Hall–Kier alpha value is -3.71. The van der Waals surface area contributed by atoms with E-state index in [9.17, 15) is 9.59 Å². The van der Waals surface area contributed by atoms with Gasteiger partial charge in [0.2, 0.25) is 5.91 Å². The van der Waals surface area contributed by atoms with Crippen molar-refractivity contribution < 1.29 is 14.3 Å². The number of nitrogens with zero attached hydrogens (tertiary/aromatic N) is 2. The predicted molar refractivity (Wildman–Crippen MR) is 135 cm³/mol. The highest BCUT2D eigenvalue weighted by Crippen LogP contribution is 2.24. The maximum absolute atomic E-state index is 13.5. The van der Waals surface area contributed by atoms with Crippen molar-refractivity contribution in [2.45, 2.75) is 6.04 Å². The molecule has 1 atom stereocenters. The number of carbonyl (C=O) groups is 2. The molecule has 2 N–H and O–H groups in total. The number of hydrogen-bond acceptors (Lipinski definition) is 4. The van der Waals surface area contributed by atoms with Gasteiger partial charge in [0.25, 0.3) is 0 Å². The third-order valence-electron chi connectivity index (χ3n) is 5.77. The number of ether oxygens (including phenoxy) is 1. The van der Waals surface area contributed by atoms with E-state index in [1.165, 1.54) is 0 Å². The van der Waals surface area contributed by atoms with Crippen molar-refractivity contribution in [1.29, 1.82) is 0 Å². The van der Waals surface area contributed by atoms with Crippen LogP contribution in [0.5, 0.6) is 5.75 Å². The molecule has 0 aromatic heterocycles. The Morgan fingerprint density at radius 1 is 0.912 bits per heavy atom. The molecule has 1 aliphatic rings. The molecule has 1 saturated heterocycles. The lowest BCUT2D eigenvalue weighted by Crippen LogP contribution is -2.52. The summed E-state index contributed by atoms with van der Waals surface area (Å²) in [6.07, 6.45) is 0. The molecule has 3 aromatic rings. The van der Waals surface area contributed by atoms with Crippen molar-refractivity contribution in [3.8, 4) is 5.75 Å². The van der Waals surface area contributed by atoms with Gasteiger partial charge in [-0.3, -0.25) is 4.79 Å². The van der Waals surface area contributed by atoms with Crippen LogP contribution in [0.25, 0.3) is 0 Å². The summed E-state index contributed by atoms with van der Waals surface area (Å²) < 4.78 is 5.33. The Morgan fingerprint density at radius 2 is 1.62 bits per heavy atom. The molecule has 1 heterocycles. The van der Waals surface area contributed by atoms with Crippen molar-refractivity contribution >= 4 is 34.9 Å². The minimum Gasteiger partial charge on any atom is -0.497 e. The highest BCUT2D eigenvalue weighted by atomic mass is 35.5. The van der Waals surface area contributed by atoms with Gasteiger partial charge in [0.15, 0.2) is 0 Å². The number of methoxy groups -OCH3 is 1. The molecule has 1 aliphatic heterocycles. The van der Waals surface area contributed by atoms with Gasteiger partial charge < -0.3 is 25.2 Å². The van der Waals surface area contributed by atoms with Gasteiger partial charge in [-0.2, -0.15) is 0 Å². The van der Waals surface area contributed by atoms with E-state index in [0.717, 1.165) is 17.0 Å². The van der Waals surface area contributed by atoms with Crippen LogP contribution in [0, 0.1) is 0 Å². The number of hydrogen-bond donors (Lipinski definition) is 2. The Bertz CT molecular complexity index is 1120. The number of benzene rings is 3. The number of carbonyl (C=O) groups excluding carboxylic acids is 2. The van der Waals surface area contributed by atoms with E-state index in [1.807, 2.05) is 54.6 Å². The summed E-state index contributed by atoms with van der Waals surface area (Å²) in [5, 5.41) is 6.19. The first-order chi connectivity index (χ1) is 16.5. The van der Waals surface area contributed by atoms with E-state index in [1.54, 1.807) is 36.3 Å². The minimum absolute atomic E-state index is 0.136. The fraction of sp³-hybridized carbons (Fsp3) is 0.231. The molecule has 34 heavy (non-hydrogen) atoms. The van der Waals surface area contributed by atoms with Crippen molar-refractivity contribution in [2.24, 2.45) is 0 Å². The summed E-state index contributed by atoms with van der Waals surface area (Å²) in [5.41, 5.74) is 2.38. The highest BCUT2D eigenvalue weighted by Gasteiger charge is 2.30. The molecule has 7 nitrogen and oxygen atoms in total. The Morgan fingerprint density at radius 3 is 2.29 bits per heavy atom. The standard InChI is InChI=1S/C26H27ClN4O3/c1-34-23-9-5-8-22(18-23)30-14-16-31(17-15-30)25(32)24(19-6-3-2-4-7-19)29-26(33)28-21-12-10-20(27)11-13-21/h2-13,18,24H,14-17H2,1H3,(H2,28,29,33)/t24-/m1/s1. The average Bonchev–Trinajstić information content (AvgIpc) is 2.89. The van der Waals surface area contributed by atoms with Gasteiger partial charge in [-0.1, -0.05) is 48.0 Å². The molecule has 1 fully saturated rings. The Labute approximate surface area is 204 Å². The van der Waals surface area contributed by atoms with Crippen molar-refractivity contribution in [3.63, 3.8) is 0 Å². The van der Waals surface area contributed by atoms with Crippen LogP contribution < -0.4 is 20.3 Å². The number of rotatable bonds is 6. The predicted octanol–water partition coefficient (Wildman–Crippen LogP) is 4.56. The topological polar surface area (TPSA) is 73.9 Å². The highest BCUT2D eigenvalue weighted by molar-refractivity contribution is 6.30. The van der Waals surface area contributed by atoms with Gasteiger partial charge in [-0.15, -0.1) is 0 Å². The summed E-state index contributed by atoms with van der Waals surface area (Å²) in [6.45, 7) is 2.49. The van der Waals surface area contributed by atoms with Crippen LogP contribution in [0.3, 0.4) is 0 Å². The number of nitrogens with one attached hydrogen (secondary N) is 2. The van der Waals surface area contributed by atoms with Crippen LogP contribution in [0.1, 0.15) is 11.6 Å². The van der Waals surface area contributed by atoms with E-state index in [4.69, 9.17) is 16.3 Å². The summed E-state index contributed by atoms with van der Waals surface area (Å²) in [7, 11) is 1.65. The molecule has 4 rings (SSSR count). The molecular weight excluding hydrogens is 452 g/mol. The molecule has 8 heteroatoms. The molecule has 0 aliphatic carbocycles. The molecule has 3 amide bonds. The SMILES string of the molecule is COc1cccc(N2CCN(C(=O)[C@H](NC(=O)Nc3ccc(Cl)cc3)c3ccccc3)CC2)c1. The second-order valence-electron chi connectivity index (χ2n) is 7.96. The largest absolute Gasteiger partial charge is 0.497 e. The number of urea groups is 1. The van der Waals surface area contributed by atoms with Crippen LogP contribution >= 0.6 is 11.6 Å². The second-order valence-corrected chi connectivity index (χ2v) is 8.40. The zero-order valence-corrected chi connectivity index (χ0v) is 19.7. The molecule has 0 saturated carbocycles. The lowest BCUT2D eigenvalue weighted by Gasteiger charge is -2.37. The molecule has 0 radical (unpaired) electrons. The third-order valence-corrected chi connectivity index (χ3v) is 6.02. The van der Waals surface area contributed by atoms with Crippen LogP contribution in [0.2, 0.25) is 5.02 Å². The maximum Gasteiger partial charge on any atom is 0.320 e.